The molecule has 0 radical (unpaired) electrons. The van der Waals surface area contributed by atoms with Crippen molar-refractivity contribution in [1.29, 1.82) is 0 Å². The maximum Gasteiger partial charge on any atom is 0.0848 e. The van der Waals surface area contributed by atoms with Crippen molar-refractivity contribution in [2.45, 2.75) is 26.4 Å². The van der Waals surface area contributed by atoms with Crippen LogP contribution in [0.2, 0.25) is 0 Å². The van der Waals surface area contributed by atoms with Crippen molar-refractivity contribution in [2.24, 2.45) is 0 Å². The first-order chi connectivity index (χ1) is 10.1. The lowest BCUT2D eigenvalue weighted by atomic mass is 9.96. The number of pyridine rings is 1. The number of aliphatic hydroxyl groups excluding tert-OH is 1. The summed E-state index contributed by atoms with van der Waals surface area (Å²) in [7, 11) is 0. The largest absolute Gasteiger partial charge is 0.388 e. The van der Waals surface area contributed by atoms with Crippen LogP contribution in [0, 0.1) is 13.8 Å². The van der Waals surface area contributed by atoms with Crippen molar-refractivity contribution in [3.05, 3.63) is 77.0 Å². The van der Waals surface area contributed by atoms with Crippen molar-refractivity contribution in [2.75, 3.05) is 0 Å². The lowest BCUT2D eigenvalue weighted by Crippen LogP contribution is -2.06. The van der Waals surface area contributed by atoms with E-state index >= 15 is 0 Å². The molecule has 0 aliphatic heterocycles. The maximum absolute atomic E-state index is 10.5. The molecular formula is C19H19NO. The van der Waals surface area contributed by atoms with Crippen LogP contribution in [0.15, 0.2) is 54.6 Å². The first kappa shape index (κ1) is 13.8. The highest BCUT2D eigenvalue weighted by Crippen LogP contribution is 2.24. The van der Waals surface area contributed by atoms with Gasteiger partial charge in [0.25, 0.3) is 0 Å². The van der Waals surface area contributed by atoms with E-state index in [1.165, 1.54) is 5.56 Å². The lowest BCUT2D eigenvalue weighted by molar-refractivity contribution is 0.176. The number of aryl methyl sites for hydroxylation is 1. The van der Waals surface area contributed by atoms with Crippen LogP contribution in [-0.4, -0.2) is 10.1 Å². The van der Waals surface area contributed by atoms with Gasteiger partial charge in [0.1, 0.15) is 0 Å². The average molecular weight is 277 g/mol. The van der Waals surface area contributed by atoms with Crippen LogP contribution in [0.4, 0.5) is 0 Å². The smallest absolute Gasteiger partial charge is 0.0848 e. The second-order valence-electron chi connectivity index (χ2n) is 5.50. The molecule has 1 N–H and O–H groups in total. The van der Waals surface area contributed by atoms with Gasteiger partial charge in [0.15, 0.2) is 0 Å². The topological polar surface area (TPSA) is 33.1 Å². The zero-order valence-electron chi connectivity index (χ0n) is 12.4. The Morgan fingerprint density at radius 3 is 2.62 bits per heavy atom. The summed E-state index contributed by atoms with van der Waals surface area (Å²) in [6.45, 7) is 4.13. The van der Waals surface area contributed by atoms with E-state index in [9.17, 15) is 5.11 Å². The number of nitrogens with zero attached hydrogens (tertiary/aromatic N) is 1. The number of aliphatic hydroxyl groups is 1. The second-order valence-corrected chi connectivity index (χ2v) is 5.50. The summed E-state index contributed by atoms with van der Waals surface area (Å²) in [5.41, 5.74) is 5.25. The minimum Gasteiger partial charge on any atom is -0.388 e. The minimum atomic E-state index is -0.515. The average Bonchev–Trinajstić information content (AvgIpc) is 2.50. The van der Waals surface area contributed by atoms with Crippen molar-refractivity contribution in [1.82, 2.24) is 4.98 Å². The predicted molar refractivity (Wildman–Crippen MR) is 86.3 cm³/mol. The molecule has 0 aliphatic carbocycles. The number of rotatable bonds is 3. The van der Waals surface area contributed by atoms with Gasteiger partial charge in [-0.25, -0.2) is 0 Å². The van der Waals surface area contributed by atoms with Gasteiger partial charge in [-0.1, -0.05) is 42.5 Å². The molecule has 0 bridgehead atoms. The molecule has 1 aromatic heterocycles. The van der Waals surface area contributed by atoms with Crippen LogP contribution in [-0.2, 0) is 6.42 Å². The molecule has 0 saturated heterocycles. The van der Waals surface area contributed by atoms with Crippen molar-refractivity contribution in [3.63, 3.8) is 0 Å². The quantitative estimate of drug-likeness (QED) is 0.781. The minimum absolute atomic E-state index is 0.515. The van der Waals surface area contributed by atoms with Crippen LogP contribution < -0.4 is 0 Å². The molecule has 3 rings (SSSR count). The van der Waals surface area contributed by atoms with Crippen LogP contribution in [0.25, 0.3) is 10.9 Å². The predicted octanol–water partition coefficient (Wildman–Crippen LogP) is 4.13. The van der Waals surface area contributed by atoms with Gasteiger partial charge < -0.3 is 5.11 Å². The molecule has 0 saturated carbocycles. The molecule has 21 heavy (non-hydrogen) atoms. The molecule has 2 nitrogen and oxygen atoms in total. The fraction of sp³-hybridized carbons (Fsp3) is 0.211. The Morgan fingerprint density at radius 1 is 0.952 bits per heavy atom. The molecule has 1 unspecified atom stereocenters. The summed E-state index contributed by atoms with van der Waals surface area (Å²) < 4.78 is 0. The second kappa shape index (κ2) is 5.66. The van der Waals surface area contributed by atoms with Crippen LogP contribution in [0.1, 0.15) is 28.5 Å². The molecule has 0 amide bonds. The molecule has 0 aliphatic rings. The van der Waals surface area contributed by atoms with Crippen LogP contribution >= 0.6 is 0 Å². The third-order valence-electron chi connectivity index (χ3n) is 4.06. The number of para-hydroxylation sites is 1. The van der Waals surface area contributed by atoms with Crippen LogP contribution in [0.5, 0.6) is 0 Å². The molecule has 0 spiro atoms. The number of hydrogen-bond donors (Lipinski definition) is 1. The van der Waals surface area contributed by atoms with Crippen molar-refractivity contribution in [3.8, 4) is 0 Å². The van der Waals surface area contributed by atoms with E-state index in [0.29, 0.717) is 6.42 Å². The van der Waals surface area contributed by atoms with E-state index in [1.54, 1.807) is 0 Å². The van der Waals surface area contributed by atoms with Gasteiger partial charge in [0.05, 0.1) is 11.6 Å². The zero-order chi connectivity index (χ0) is 14.8. The zero-order valence-corrected chi connectivity index (χ0v) is 12.4. The first-order valence-corrected chi connectivity index (χ1v) is 7.24. The third-order valence-corrected chi connectivity index (χ3v) is 4.06. The Labute approximate surface area is 125 Å². The van der Waals surface area contributed by atoms with Gasteiger partial charge in [-0.05, 0) is 42.7 Å². The summed E-state index contributed by atoms with van der Waals surface area (Å²) in [6, 6.07) is 18.2. The normalized spacial score (nSPS) is 12.5. The van der Waals surface area contributed by atoms with Gasteiger partial charge >= 0.3 is 0 Å². The standard InChI is InChI=1S/C19H19NO/c1-13-6-5-8-17(14(13)2)19(21)12-16-11-10-15-7-3-4-9-18(15)20-16/h3-11,19,21H,12H2,1-2H3. The molecule has 2 heteroatoms. The highest BCUT2D eigenvalue weighted by atomic mass is 16.3. The number of hydrogen-bond acceptors (Lipinski definition) is 2. The van der Waals surface area contributed by atoms with E-state index in [0.717, 1.165) is 27.7 Å². The van der Waals surface area contributed by atoms with Gasteiger partial charge in [-0.2, -0.15) is 0 Å². The highest BCUT2D eigenvalue weighted by molar-refractivity contribution is 5.78. The van der Waals surface area contributed by atoms with E-state index in [4.69, 9.17) is 0 Å². The molecule has 0 fully saturated rings. The van der Waals surface area contributed by atoms with E-state index in [1.807, 2.05) is 42.5 Å². The summed E-state index contributed by atoms with van der Waals surface area (Å²) in [5.74, 6) is 0. The molecule has 106 valence electrons. The van der Waals surface area contributed by atoms with Gasteiger partial charge in [-0.3, -0.25) is 4.98 Å². The van der Waals surface area contributed by atoms with Crippen molar-refractivity contribution >= 4 is 10.9 Å². The summed E-state index contributed by atoms with van der Waals surface area (Å²) in [4.78, 5) is 4.63. The summed E-state index contributed by atoms with van der Waals surface area (Å²) in [6.07, 6.45) is 0.0216. The van der Waals surface area contributed by atoms with Gasteiger partial charge in [0.2, 0.25) is 0 Å². The molecule has 1 heterocycles. The Balaban J connectivity index is 1.89. The Morgan fingerprint density at radius 2 is 1.76 bits per heavy atom. The highest BCUT2D eigenvalue weighted by Gasteiger charge is 2.13. The fourth-order valence-corrected chi connectivity index (χ4v) is 2.66. The Kier molecular flexibility index (Phi) is 3.72. The van der Waals surface area contributed by atoms with Crippen LogP contribution in [0.3, 0.4) is 0 Å². The first-order valence-electron chi connectivity index (χ1n) is 7.24. The Bertz CT molecular complexity index is 779. The number of aromatic nitrogens is 1. The third kappa shape index (κ3) is 2.81. The maximum atomic E-state index is 10.5. The van der Waals surface area contributed by atoms with Crippen molar-refractivity contribution < 1.29 is 5.11 Å². The Hall–Kier alpha value is -2.19. The van der Waals surface area contributed by atoms with E-state index in [2.05, 4.69) is 31.0 Å². The van der Waals surface area contributed by atoms with Gasteiger partial charge in [-0.15, -0.1) is 0 Å². The number of fused-ring (bicyclic) bond motifs is 1. The van der Waals surface area contributed by atoms with E-state index < -0.39 is 6.10 Å². The van der Waals surface area contributed by atoms with E-state index in [-0.39, 0.29) is 0 Å². The van der Waals surface area contributed by atoms with Gasteiger partial charge in [0, 0.05) is 17.5 Å². The SMILES string of the molecule is Cc1cccc(C(O)Cc2ccc3ccccc3n2)c1C. The molecule has 1 atom stereocenters. The summed E-state index contributed by atoms with van der Waals surface area (Å²) in [5, 5.41) is 11.6. The monoisotopic (exact) mass is 277 g/mol. The lowest BCUT2D eigenvalue weighted by Gasteiger charge is -2.15. The molecule has 2 aromatic carbocycles. The number of benzene rings is 2. The summed E-state index contributed by atoms with van der Waals surface area (Å²) >= 11 is 0. The molecular weight excluding hydrogens is 258 g/mol. The fourth-order valence-electron chi connectivity index (χ4n) is 2.66. The molecule has 3 aromatic rings.